The summed E-state index contributed by atoms with van der Waals surface area (Å²) in [4.78, 5) is 18.5. The Kier molecular flexibility index (Phi) is 12.2. The van der Waals surface area contributed by atoms with Crippen molar-refractivity contribution in [3.8, 4) is 0 Å². The maximum absolute atomic E-state index is 9.24. The van der Waals surface area contributed by atoms with E-state index in [-0.39, 0.29) is 21.1 Å². The van der Waals surface area contributed by atoms with Crippen molar-refractivity contribution in [2.45, 2.75) is 6.92 Å². The van der Waals surface area contributed by atoms with Crippen LogP contribution in [-0.4, -0.2) is 0 Å². The van der Waals surface area contributed by atoms with Crippen LogP contribution in [-0.2, 0) is 34.5 Å². The molecule has 0 amide bonds. The fourth-order valence-electron chi connectivity index (χ4n) is 0.589. The molecule has 84 valence electrons. The van der Waals surface area contributed by atoms with Gasteiger partial charge in [0.05, 0.1) is 0 Å². The van der Waals surface area contributed by atoms with Crippen molar-refractivity contribution in [3.05, 3.63) is 35.9 Å². The van der Waals surface area contributed by atoms with Gasteiger partial charge in [0.15, 0.2) is 0 Å². The minimum atomic E-state index is -3.24. The molecule has 0 aliphatic rings. The number of hydrogen-bond donors (Lipinski definition) is 0. The van der Waals surface area contributed by atoms with Crippen LogP contribution in [0.2, 0.25) is 0 Å². The SMILES string of the molecule is Cc1ccccc1.O=[P+]([O-])O[P+](=O)[O-].[Pt+2]. The first-order valence-corrected chi connectivity index (χ1v) is 5.70. The molecule has 0 aliphatic carbocycles. The molecule has 0 heterocycles. The van der Waals surface area contributed by atoms with Gasteiger partial charge in [-0.3, -0.25) is 0 Å². The van der Waals surface area contributed by atoms with E-state index in [1.54, 1.807) is 0 Å². The molecule has 1 rings (SSSR count). The zero-order valence-corrected chi connectivity index (χ0v) is 11.7. The van der Waals surface area contributed by atoms with Gasteiger partial charge in [-0.05, 0) is 16.1 Å². The molecule has 0 saturated heterocycles. The van der Waals surface area contributed by atoms with Crippen LogP contribution >= 0.6 is 16.5 Å². The number of rotatable bonds is 2. The molecular weight excluding hydrogens is 421 g/mol. The van der Waals surface area contributed by atoms with Crippen molar-refractivity contribution >= 4 is 16.5 Å². The van der Waals surface area contributed by atoms with Crippen LogP contribution in [0.1, 0.15) is 5.56 Å². The third-order valence-electron chi connectivity index (χ3n) is 1.07. The molecule has 0 radical (unpaired) electrons. The molecule has 2 atom stereocenters. The van der Waals surface area contributed by atoms with E-state index in [9.17, 15) is 18.9 Å². The Balaban J connectivity index is 0. The Hall–Kier alpha value is -0.0117. The van der Waals surface area contributed by atoms with Crippen LogP contribution in [0.25, 0.3) is 0 Å². The summed E-state index contributed by atoms with van der Waals surface area (Å²) in [5.41, 5.74) is 1.32. The summed E-state index contributed by atoms with van der Waals surface area (Å²) in [7, 11) is -6.47. The van der Waals surface area contributed by atoms with Gasteiger partial charge in [-0.2, -0.15) is 0 Å². The predicted octanol–water partition coefficient (Wildman–Crippen LogP) is 1.03. The molecule has 0 saturated carbocycles. The topological polar surface area (TPSA) is 89.5 Å². The van der Waals surface area contributed by atoms with E-state index in [0.29, 0.717) is 0 Å². The van der Waals surface area contributed by atoms with Gasteiger partial charge in [0.1, 0.15) is 4.31 Å². The van der Waals surface area contributed by atoms with Gasteiger partial charge in [-0.15, -0.1) is 0 Å². The first-order chi connectivity index (χ1) is 6.52. The molecule has 0 fully saturated rings. The number of benzene rings is 1. The Morgan fingerprint density at radius 1 is 1.07 bits per heavy atom. The minimum absolute atomic E-state index is 0. The van der Waals surface area contributed by atoms with Gasteiger partial charge < -0.3 is 9.79 Å². The van der Waals surface area contributed by atoms with Crippen LogP contribution in [0.15, 0.2) is 30.3 Å². The summed E-state index contributed by atoms with van der Waals surface area (Å²) < 4.78 is 21.6. The van der Waals surface area contributed by atoms with E-state index < -0.39 is 16.5 Å². The quantitative estimate of drug-likeness (QED) is 0.656. The van der Waals surface area contributed by atoms with Gasteiger partial charge in [-0.1, -0.05) is 35.9 Å². The van der Waals surface area contributed by atoms with E-state index in [1.165, 1.54) is 5.56 Å². The Bertz CT molecular complexity index is 294. The number of hydrogen-bond acceptors (Lipinski definition) is 5. The normalized spacial score (nSPS) is 10.3. The third kappa shape index (κ3) is 14.0. The van der Waals surface area contributed by atoms with Crippen molar-refractivity contribution in [1.82, 2.24) is 0 Å². The largest absolute Gasteiger partial charge is 2.00 e. The summed E-state index contributed by atoms with van der Waals surface area (Å²) in [6.45, 7) is 2.08. The van der Waals surface area contributed by atoms with E-state index >= 15 is 0 Å². The molecule has 0 N–H and O–H groups in total. The zero-order valence-electron chi connectivity index (χ0n) is 7.64. The molecule has 0 aliphatic heterocycles. The fourth-order valence-corrected chi connectivity index (χ4v) is 1.02. The van der Waals surface area contributed by atoms with E-state index in [2.05, 4.69) is 23.4 Å². The maximum Gasteiger partial charge on any atom is 2.00 e. The summed E-state index contributed by atoms with van der Waals surface area (Å²) in [6, 6.07) is 10.3. The van der Waals surface area contributed by atoms with E-state index in [4.69, 9.17) is 0 Å². The van der Waals surface area contributed by atoms with Crippen LogP contribution in [0, 0.1) is 6.92 Å². The van der Waals surface area contributed by atoms with Gasteiger partial charge in [0.2, 0.25) is 0 Å². The molecule has 1 aromatic rings. The van der Waals surface area contributed by atoms with E-state index in [0.717, 1.165) is 0 Å². The van der Waals surface area contributed by atoms with Crippen molar-refractivity contribution < 1.29 is 44.3 Å². The van der Waals surface area contributed by atoms with Gasteiger partial charge in [-0.25, -0.2) is 0 Å². The molecule has 2 unspecified atom stereocenters. The average molecular weight is 429 g/mol. The van der Waals surface area contributed by atoms with E-state index in [1.807, 2.05) is 18.2 Å². The van der Waals surface area contributed by atoms with Gasteiger partial charge in [0.25, 0.3) is 0 Å². The van der Waals surface area contributed by atoms with Crippen molar-refractivity contribution in [2.24, 2.45) is 0 Å². The van der Waals surface area contributed by atoms with Crippen LogP contribution < -0.4 is 9.79 Å². The maximum atomic E-state index is 9.24. The summed E-state index contributed by atoms with van der Waals surface area (Å²) in [6.07, 6.45) is 0. The zero-order chi connectivity index (χ0) is 11.0. The Morgan fingerprint density at radius 3 is 1.60 bits per heavy atom. The predicted molar refractivity (Wildman–Crippen MR) is 47.5 cm³/mol. The smallest absolute Gasteiger partial charge is 0.563 e. The average Bonchev–Trinajstić information content (AvgIpc) is 2.03. The first-order valence-electron chi connectivity index (χ1n) is 3.51. The van der Waals surface area contributed by atoms with Crippen LogP contribution in [0.5, 0.6) is 0 Å². The Labute approximate surface area is 104 Å². The molecule has 0 aromatic heterocycles. The standard InChI is InChI=1S/C7H8.O5P2.Pt/c1-7-5-3-2-4-6-7;1-6(2)5-7(3)4;/h2-6H,1H3;;/q;;+2. The second-order valence-corrected chi connectivity index (χ2v) is 3.73. The minimum Gasteiger partial charge on any atom is -0.563 e. The summed E-state index contributed by atoms with van der Waals surface area (Å²) in [5.74, 6) is 0. The summed E-state index contributed by atoms with van der Waals surface area (Å²) in [5, 5.41) is 0. The molecule has 1 aromatic carbocycles. The Morgan fingerprint density at radius 2 is 1.47 bits per heavy atom. The second kappa shape index (κ2) is 10.5. The molecule has 0 bridgehead atoms. The van der Waals surface area contributed by atoms with Gasteiger partial charge >= 0.3 is 37.6 Å². The number of aryl methyl sites for hydroxylation is 1. The van der Waals surface area contributed by atoms with Crippen LogP contribution in [0.4, 0.5) is 0 Å². The monoisotopic (exact) mass is 429 g/mol. The van der Waals surface area contributed by atoms with Crippen molar-refractivity contribution in [1.29, 1.82) is 0 Å². The first kappa shape index (κ1) is 17.4. The molecule has 0 spiro atoms. The summed E-state index contributed by atoms with van der Waals surface area (Å²) >= 11 is 0. The molecular formula is C7H8O5P2Pt+2. The second-order valence-electron chi connectivity index (χ2n) is 2.18. The molecule has 8 heteroatoms. The van der Waals surface area contributed by atoms with Crippen molar-refractivity contribution in [2.75, 3.05) is 0 Å². The van der Waals surface area contributed by atoms with Gasteiger partial charge in [0, 0.05) is 0 Å². The van der Waals surface area contributed by atoms with Crippen molar-refractivity contribution in [3.63, 3.8) is 0 Å². The third-order valence-corrected chi connectivity index (χ3v) is 2.14. The van der Waals surface area contributed by atoms with Crippen LogP contribution in [0.3, 0.4) is 0 Å². The molecule has 5 nitrogen and oxygen atoms in total. The fraction of sp³-hybridized carbons (Fsp3) is 0.143. The molecule has 15 heavy (non-hydrogen) atoms.